The Morgan fingerprint density at radius 2 is 1.78 bits per heavy atom. The standard InChI is InChI=1S/C22H18N4O/c1-13-2-5-16-9-18-19(10-17(16)8-13)21-24-25-22(27)26(21)12-20(18)15-6-3-14(11-23)4-7-15/h2-10,12H,11,23H2,1H3,(H,25,27). The van der Waals surface area contributed by atoms with Crippen molar-refractivity contribution in [3.05, 3.63) is 82.4 Å². The van der Waals surface area contributed by atoms with Crippen LogP contribution in [-0.2, 0) is 6.54 Å². The van der Waals surface area contributed by atoms with E-state index in [4.69, 9.17) is 5.73 Å². The van der Waals surface area contributed by atoms with Crippen molar-refractivity contribution < 1.29 is 0 Å². The Bertz CT molecular complexity index is 1380. The van der Waals surface area contributed by atoms with Gasteiger partial charge < -0.3 is 5.73 Å². The third kappa shape index (κ3) is 2.44. The molecule has 0 unspecified atom stereocenters. The van der Waals surface area contributed by atoms with Gasteiger partial charge in [0.05, 0.1) is 0 Å². The number of hydrogen-bond acceptors (Lipinski definition) is 3. The van der Waals surface area contributed by atoms with Gasteiger partial charge in [0, 0.05) is 23.7 Å². The summed E-state index contributed by atoms with van der Waals surface area (Å²) < 4.78 is 1.58. The number of rotatable bonds is 2. The van der Waals surface area contributed by atoms with Crippen LogP contribution < -0.4 is 11.4 Å². The van der Waals surface area contributed by atoms with Crippen molar-refractivity contribution in [3.63, 3.8) is 0 Å². The maximum Gasteiger partial charge on any atom is 0.347 e. The molecule has 3 aromatic carbocycles. The molecular weight excluding hydrogens is 336 g/mol. The van der Waals surface area contributed by atoms with E-state index in [1.807, 2.05) is 30.5 Å². The number of aromatic amines is 1. The fraction of sp³-hybridized carbons (Fsp3) is 0.0909. The molecule has 5 heteroatoms. The molecule has 0 saturated heterocycles. The molecule has 5 aromatic rings. The number of H-pyrrole nitrogens is 1. The number of aryl methyl sites for hydroxylation is 1. The Labute approximate surface area is 155 Å². The summed E-state index contributed by atoms with van der Waals surface area (Å²) in [5.41, 5.74) is 10.4. The van der Waals surface area contributed by atoms with Crippen molar-refractivity contribution in [2.75, 3.05) is 0 Å². The van der Waals surface area contributed by atoms with Gasteiger partial charge >= 0.3 is 5.69 Å². The number of pyridine rings is 1. The van der Waals surface area contributed by atoms with Crippen molar-refractivity contribution in [2.24, 2.45) is 5.73 Å². The number of benzene rings is 3. The van der Waals surface area contributed by atoms with Gasteiger partial charge in [0.2, 0.25) is 0 Å². The lowest BCUT2D eigenvalue weighted by molar-refractivity contribution is 1.02. The second-order valence-corrected chi connectivity index (χ2v) is 6.91. The quantitative estimate of drug-likeness (QED) is 0.474. The zero-order valence-electron chi connectivity index (χ0n) is 14.9. The van der Waals surface area contributed by atoms with Gasteiger partial charge in [-0.3, -0.25) is 0 Å². The largest absolute Gasteiger partial charge is 0.347 e. The van der Waals surface area contributed by atoms with Crippen molar-refractivity contribution in [2.45, 2.75) is 13.5 Å². The average Bonchev–Trinajstić information content (AvgIpc) is 3.07. The van der Waals surface area contributed by atoms with Gasteiger partial charge in [0.1, 0.15) is 0 Å². The highest BCUT2D eigenvalue weighted by Crippen LogP contribution is 2.33. The molecule has 2 heterocycles. The van der Waals surface area contributed by atoms with Crippen LogP contribution in [0.2, 0.25) is 0 Å². The molecule has 5 rings (SSSR count). The fourth-order valence-corrected chi connectivity index (χ4v) is 3.69. The highest BCUT2D eigenvalue weighted by molar-refractivity contribution is 6.09. The Kier molecular flexibility index (Phi) is 3.39. The minimum absolute atomic E-state index is 0.240. The predicted molar refractivity (Wildman–Crippen MR) is 109 cm³/mol. The Hall–Kier alpha value is -3.44. The third-order valence-corrected chi connectivity index (χ3v) is 5.13. The molecule has 0 aliphatic carbocycles. The van der Waals surface area contributed by atoms with Crippen LogP contribution in [-0.4, -0.2) is 14.6 Å². The van der Waals surface area contributed by atoms with E-state index in [1.54, 1.807) is 4.40 Å². The second kappa shape index (κ2) is 5.79. The summed E-state index contributed by atoms with van der Waals surface area (Å²) in [5, 5.41) is 11.1. The van der Waals surface area contributed by atoms with Gasteiger partial charge in [0.25, 0.3) is 0 Å². The highest BCUT2D eigenvalue weighted by Gasteiger charge is 2.13. The molecular formula is C22H18N4O. The van der Waals surface area contributed by atoms with E-state index in [-0.39, 0.29) is 5.69 Å². The summed E-state index contributed by atoms with van der Waals surface area (Å²) in [4.78, 5) is 12.3. The van der Waals surface area contributed by atoms with Gasteiger partial charge in [-0.2, -0.15) is 5.10 Å². The van der Waals surface area contributed by atoms with Gasteiger partial charge in [0.15, 0.2) is 5.65 Å². The van der Waals surface area contributed by atoms with Gasteiger partial charge in [-0.05, 0) is 46.3 Å². The van der Waals surface area contributed by atoms with Crippen LogP contribution in [0.5, 0.6) is 0 Å². The summed E-state index contributed by atoms with van der Waals surface area (Å²) in [5.74, 6) is 0. The Morgan fingerprint density at radius 1 is 1.00 bits per heavy atom. The van der Waals surface area contributed by atoms with Gasteiger partial charge in [-0.1, -0.05) is 48.0 Å². The lowest BCUT2D eigenvalue weighted by atomic mass is 9.96. The Balaban J connectivity index is 1.93. The van der Waals surface area contributed by atoms with Crippen LogP contribution in [0.15, 0.2) is 65.6 Å². The molecule has 3 N–H and O–H groups in total. The van der Waals surface area contributed by atoms with Crippen LogP contribution in [0.3, 0.4) is 0 Å². The molecule has 0 saturated carbocycles. The maximum absolute atomic E-state index is 12.3. The fourth-order valence-electron chi connectivity index (χ4n) is 3.69. The van der Waals surface area contributed by atoms with Crippen molar-refractivity contribution in [3.8, 4) is 11.1 Å². The molecule has 0 amide bonds. The summed E-state index contributed by atoms with van der Waals surface area (Å²) in [6, 6.07) is 18.8. The van der Waals surface area contributed by atoms with E-state index < -0.39 is 0 Å². The normalized spacial score (nSPS) is 11.6. The van der Waals surface area contributed by atoms with E-state index in [0.717, 1.165) is 38.2 Å². The minimum atomic E-state index is -0.240. The molecule has 0 aliphatic heterocycles. The smallest absolute Gasteiger partial charge is 0.326 e. The van der Waals surface area contributed by atoms with Crippen LogP contribution in [0.4, 0.5) is 0 Å². The number of hydrogen-bond donors (Lipinski definition) is 2. The van der Waals surface area contributed by atoms with Gasteiger partial charge in [-0.25, -0.2) is 14.3 Å². The highest BCUT2D eigenvalue weighted by atomic mass is 16.1. The summed E-state index contributed by atoms with van der Waals surface area (Å²) in [6.45, 7) is 2.58. The monoisotopic (exact) mass is 354 g/mol. The van der Waals surface area contributed by atoms with Crippen LogP contribution in [0.1, 0.15) is 11.1 Å². The third-order valence-electron chi connectivity index (χ3n) is 5.13. The lowest BCUT2D eigenvalue weighted by Gasteiger charge is -2.11. The molecule has 0 spiro atoms. The van der Waals surface area contributed by atoms with Gasteiger partial charge in [-0.15, -0.1) is 0 Å². The van der Waals surface area contributed by atoms with Crippen molar-refractivity contribution >= 4 is 27.2 Å². The van der Waals surface area contributed by atoms with Crippen LogP contribution in [0, 0.1) is 6.92 Å². The topological polar surface area (TPSA) is 76.2 Å². The van der Waals surface area contributed by atoms with E-state index in [2.05, 4.69) is 47.5 Å². The first kappa shape index (κ1) is 15.8. The Morgan fingerprint density at radius 3 is 2.56 bits per heavy atom. The minimum Gasteiger partial charge on any atom is -0.326 e. The van der Waals surface area contributed by atoms with E-state index in [1.165, 1.54) is 5.56 Å². The number of aromatic nitrogens is 3. The molecule has 132 valence electrons. The maximum atomic E-state index is 12.3. The predicted octanol–water partition coefficient (Wildman–Crippen LogP) is 3.76. The summed E-state index contributed by atoms with van der Waals surface area (Å²) >= 11 is 0. The first-order valence-electron chi connectivity index (χ1n) is 8.87. The molecule has 5 nitrogen and oxygen atoms in total. The summed E-state index contributed by atoms with van der Waals surface area (Å²) in [7, 11) is 0. The van der Waals surface area contributed by atoms with E-state index in [0.29, 0.717) is 12.2 Å². The molecule has 0 atom stereocenters. The average molecular weight is 354 g/mol. The molecule has 0 radical (unpaired) electrons. The lowest BCUT2D eigenvalue weighted by Crippen LogP contribution is -2.09. The number of nitrogens with zero attached hydrogens (tertiary/aromatic N) is 2. The number of nitrogens with one attached hydrogen (secondary N) is 1. The van der Waals surface area contributed by atoms with Crippen LogP contribution in [0.25, 0.3) is 38.3 Å². The molecule has 0 fully saturated rings. The van der Waals surface area contributed by atoms with Crippen LogP contribution >= 0.6 is 0 Å². The zero-order valence-corrected chi connectivity index (χ0v) is 14.9. The number of nitrogens with two attached hydrogens (primary N) is 1. The van der Waals surface area contributed by atoms with Crippen molar-refractivity contribution in [1.82, 2.24) is 14.6 Å². The first-order chi connectivity index (χ1) is 13.1. The van der Waals surface area contributed by atoms with E-state index >= 15 is 0 Å². The number of fused-ring (bicyclic) bond motifs is 4. The molecule has 0 aliphatic rings. The van der Waals surface area contributed by atoms with E-state index in [9.17, 15) is 4.79 Å². The molecule has 2 aromatic heterocycles. The zero-order chi connectivity index (χ0) is 18.5. The van der Waals surface area contributed by atoms with Crippen molar-refractivity contribution in [1.29, 1.82) is 0 Å². The SMILES string of the molecule is Cc1ccc2cc3c(-c4ccc(CN)cc4)cn4c(=O)[nH]nc4c3cc2c1. The molecule has 27 heavy (non-hydrogen) atoms. The summed E-state index contributed by atoms with van der Waals surface area (Å²) in [6.07, 6.45) is 1.86. The second-order valence-electron chi connectivity index (χ2n) is 6.91. The first-order valence-corrected chi connectivity index (χ1v) is 8.87. The molecule has 0 bridgehead atoms.